The summed E-state index contributed by atoms with van der Waals surface area (Å²) in [6.07, 6.45) is 11.7. The summed E-state index contributed by atoms with van der Waals surface area (Å²) in [6, 6.07) is -0.0737. The Hall–Kier alpha value is -0.533. The minimum atomic E-state index is -2.04. The smallest absolute Gasteiger partial charge is 0.192 e. The normalized spacial score (nSPS) is 18.7. The van der Waals surface area contributed by atoms with E-state index in [1.165, 1.54) is 0 Å². The van der Waals surface area contributed by atoms with Gasteiger partial charge in [0, 0.05) is 11.4 Å². The predicted molar refractivity (Wildman–Crippen MR) is 129 cm³/mol. The van der Waals surface area contributed by atoms with Gasteiger partial charge < -0.3 is 13.7 Å². The molecule has 0 aromatic rings. The molecule has 0 unspecified atom stereocenters. The van der Waals surface area contributed by atoms with Crippen molar-refractivity contribution in [1.82, 2.24) is 4.72 Å². The van der Waals surface area contributed by atoms with Gasteiger partial charge in [-0.3, -0.25) is 0 Å². The molecule has 0 amide bonds. The van der Waals surface area contributed by atoms with E-state index in [0.717, 1.165) is 31.4 Å². The molecule has 1 aliphatic carbocycles. The first-order valence-corrected chi connectivity index (χ1v) is 14.8. The number of hydrogen-bond donors (Lipinski definition) is 1. The lowest BCUT2D eigenvalue weighted by atomic mass is 10.1. The fourth-order valence-electron chi connectivity index (χ4n) is 2.59. The van der Waals surface area contributed by atoms with Crippen LogP contribution in [0.5, 0.6) is 0 Å². The van der Waals surface area contributed by atoms with Crippen molar-refractivity contribution in [3.05, 3.63) is 36.6 Å². The molecule has 168 valence electrons. The molecule has 4 nitrogen and oxygen atoms in total. The van der Waals surface area contributed by atoms with Gasteiger partial charge in [0.25, 0.3) is 0 Å². The molecule has 1 rings (SSSR count). The fraction of sp³-hybridized carbons (Fsp3) is 0.739. The molecule has 0 fully saturated rings. The van der Waals surface area contributed by atoms with Gasteiger partial charge in [-0.1, -0.05) is 32.9 Å². The molecule has 0 saturated heterocycles. The number of hydrogen-bond acceptors (Lipinski definition) is 4. The van der Waals surface area contributed by atoms with E-state index in [-0.39, 0.29) is 21.9 Å². The monoisotopic (exact) mass is 441 g/mol. The van der Waals surface area contributed by atoms with E-state index in [0.29, 0.717) is 6.61 Å². The van der Waals surface area contributed by atoms with Crippen LogP contribution in [0.1, 0.15) is 67.2 Å². The van der Waals surface area contributed by atoms with Crippen molar-refractivity contribution < 1.29 is 13.7 Å². The molecule has 1 N–H and O–H groups in total. The van der Waals surface area contributed by atoms with Crippen molar-refractivity contribution in [3.63, 3.8) is 0 Å². The van der Waals surface area contributed by atoms with Crippen molar-refractivity contribution in [2.75, 3.05) is 6.61 Å². The quantitative estimate of drug-likeness (QED) is 0.242. The zero-order valence-electron chi connectivity index (χ0n) is 19.8. The molecule has 3 atom stereocenters. The topological polar surface area (TPSA) is 53.5 Å². The second-order valence-electron chi connectivity index (χ2n) is 10.3. The molecule has 29 heavy (non-hydrogen) atoms. The van der Waals surface area contributed by atoms with E-state index < -0.39 is 19.7 Å². The van der Waals surface area contributed by atoms with Crippen molar-refractivity contribution in [3.8, 4) is 0 Å². The van der Waals surface area contributed by atoms with E-state index in [1.807, 2.05) is 32.9 Å². The van der Waals surface area contributed by atoms with Crippen LogP contribution in [0.2, 0.25) is 18.1 Å². The Kier molecular flexibility index (Phi) is 10.2. The molecule has 0 bridgehead atoms. The average molecular weight is 442 g/mol. The first kappa shape index (κ1) is 26.5. The third kappa shape index (κ3) is 9.01. The molecule has 0 heterocycles. The maximum Gasteiger partial charge on any atom is 0.192 e. The van der Waals surface area contributed by atoms with Gasteiger partial charge in [0.15, 0.2) is 8.32 Å². The van der Waals surface area contributed by atoms with Gasteiger partial charge in [0.1, 0.15) is 17.1 Å². The molecule has 0 aromatic carbocycles. The summed E-state index contributed by atoms with van der Waals surface area (Å²) in [5.41, 5.74) is 0. The number of rotatable bonds is 11. The molecular weight excluding hydrogens is 398 g/mol. The number of allylic oxidation sites excluding steroid dienone is 4. The number of ether oxygens (including phenoxy) is 1. The summed E-state index contributed by atoms with van der Waals surface area (Å²) < 4.78 is 28.8. The maximum atomic E-state index is 12.9. The molecule has 0 aromatic heterocycles. The van der Waals surface area contributed by atoms with E-state index >= 15 is 0 Å². The largest absolute Gasteiger partial charge is 0.598 e. The standard InChI is InChI=1S/C23H43NO3SSi/c1-10-11-17-20(24-28(25)22(2,3)4)21(27-29(8,9)23(5,6)7)18-26-19-15-13-12-14-16-19/h10,13,15-16,20-21,24H,1,11-12,14,17-18H2,2-9H3/t20-,21+,28-/m0/s1. The van der Waals surface area contributed by atoms with Crippen molar-refractivity contribution in [1.29, 1.82) is 0 Å². The van der Waals surface area contributed by atoms with Crippen molar-refractivity contribution >= 4 is 19.7 Å². The lowest BCUT2D eigenvalue weighted by molar-refractivity contribution is 0.0587. The Labute approximate surface area is 183 Å². The fourth-order valence-corrected chi connectivity index (χ4v) is 4.84. The Morgan fingerprint density at radius 3 is 2.38 bits per heavy atom. The second-order valence-corrected chi connectivity index (χ2v) is 17.0. The minimum absolute atomic E-state index is 0.0737. The van der Waals surface area contributed by atoms with Gasteiger partial charge >= 0.3 is 0 Å². The highest BCUT2D eigenvalue weighted by Gasteiger charge is 2.42. The first-order valence-electron chi connectivity index (χ1n) is 10.7. The molecule has 6 heteroatoms. The van der Waals surface area contributed by atoms with Crippen LogP contribution < -0.4 is 4.72 Å². The minimum Gasteiger partial charge on any atom is -0.598 e. The molecular formula is C23H43NO3SSi. The van der Waals surface area contributed by atoms with E-state index in [4.69, 9.17) is 9.16 Å². The summed E-state index contributed by atoms with van der Waals surface area (Å²) in [5, 5.41) is 0.0847. The van der Waals surface area contributed by atoms with Crippen LogP contribution in [0, 0.1) is 0 Å². The average Bonchev–Trinajstić information content (AvgIpc) is 2.61. The van der Waals surface area contributed by atoms with E-state index in [1.54, 1.807) is 0 Å². The van der Waals surface area contributed by atoms with Crippen LogP contribution in [0.15, 0.2) is 36.6 Å². The highest BCUT2D eigenvalue weighted by Crippen LogP contribution is 2.38. The molecule has 1 aliphatic rings. The van der Waals surface area contributed by atoms with Gasteiger partial charge in [-0.15, -0.1) is 11.3 Å². The van der Waals surface area contributed by atoms with Crippen LogP contribution in [-0.4, -0.2) is 36.4 Å². The Morgan fingerprint density at radius 1 is 1.24 bits per heavy atom. The predicted octanol–water partition coefficient (Wildman–Crippen LogP) is 6.01. The summed E-state index contributed by atoms with van der Waals surface area (Å²) >= 11 is -1.18. The lowest BCUT2D eigenvalue weighted by Gasteiger charge is -2.41. The highest BCUT2D eigenvalue weighted by atomic mass is 32.2. The van der Waals surface area contributed by atoms with Crippen LogP contribution in [0.4, 0.5) is 0 Å². The van der Waals surface area contributed by atoms with Gasteiger partial charge in [-0.25, -0.2) is 0 Å². The van der Waals surface area contributed by atoms with E-state index in [2.05, 4.69) is 57.3 Å². The lowest BCUT2D eigenvalue weighted by Crippen LogP contribution is -2.55. The summed E-state index contributed by atoms with van der Waals surface area (Å²) in [6.45, 7) is 21.5. The summed E-state index contributed by atoms with van der Waals surface area (Å²) in [4.78, 5) is 0. The summed E-state index contributed by atoms with van der Waals surface area (Å²) in [7, 11) is -2.04. The van der Waals surface area contributed by atoms with Gasteiger partial charge in [-0.2, -0.15) is 0 Å². The third-order valence-electron chi connectivity index (χ3n) is 5.57. The zero-order chi connectivity index (χ0) is 22.3. The van der Waals surface area contributed by atoms with Crippen LogP contribution in [0.3, 0.4) is 0 Å². The highest BCUT2D eigenvalue weighted by molar-refractivity contribution is 7.90. The van der Waals surface area contributed by atoms with Crippen LogP contribution in [-0.2, 0) is 20.5 Å². The van der Waals surface area contributed by atoms with Gasteiger partial charge in [0.2, 0.25) is 0 Å². The second kappa shape index (κ2) is 11.2. The SMILES string of the molecule is C=CCC[C@H](N[S@@+]([O-])C(C)(C)C)[C@@H](COC1=CCCC=C1)O[Si](C)(C)C(C)(C)C. The Balaban J connectivity index is 3.07. The van der Waals surface area contributed by atoms with Crippen molar-refractivity contribution in [2.45, 2.75) is 102 Å². The first-order chi connectivity index (χ1) is 13.3. The summed E-state index contributed by atoms with van der Waals surface area (Å²) in [5.74, 6) is 0.902. The van der Waals surface area contributed by atoms with E-state index in [9.17, 15) is 4.55 Å². The maximum absolute atomic E-state index is 12.9. The van der Waals surface area contributed by atoms with Crippen molar-refractivity contribution in [2.24, 2.45) is 0 Å². The molecule has 0 radical (unpaired) electrons. The Morgan fingerprint density at radius 2 is 1.90 bits per heavy atom. The van der Waals surface area contributed by atoms with Crippen LogP contribution in [0.25, 0.3) is 0 Å². The number of nitrogens with one attached hydrogen (secondary N) is 1. The third-order valence-corrected chi connectivity index (χ3v) is 11.7. The van der Waals surface area contributed by atoms with Gasteiger partial charge in [-0.05, 0) is 76.7 Å². The zero-order valence-corrected chi connectivity index (χ0v) is 21.7. The van der Waals surface area contributed by atoms with Gasteiger partial charge in [0.05, 0.1) is 12.1 Å². The molecule has 0 saturated carbocycles. The van der Waals surface area contributed by atoms with Crippen LogP contribution >= 0.6 is 0 Å². The Bertz CT molecular complexity index is 576. The molecule has 0 aliphatic heterocycles. The molecule has 0 spiro atoms.